The molecule has 4 nitrogen and oxygen atoms in total. The number of amides is 1. The van der Waals surface area contributed by atoms with Crippen molar-refractivity contribution >= 4 is 11.9 Å². The van der Waals surface area contributed by atoms with Gasteiger partial charge in [-0.05, 0) is 5.56 Å². The molecular weight excluding hydrogens is 230 g/mol. The third-order valence-electron chi connectivity index (χ3n) is 2.26. The summed E-state index contributed by atoms with van der Waals surface area (Å²) in [4.78, 5) is 22.4. The molecule has 1 rings (SSSR count). The van der Waals surface area contributed by atoms with Crippen molar-refractivity contribution in [1.29, 1.82) is 0 Å². The van der Waals surface area contributed by atoms with Gasteiger partial charge in [-0.2, -0.15) is 0 Å². The lowest BCUT2D eigenvalue weighted by Gasteiger charge is -2.06. The van der Waals surface area contributed by atoms with Crippen molar-refractivity contribution in [3.05, 3.63) is 48.6 Å². The molecule has 1 N–H and O–H groups in total. The normalized spacial score (nSPS) is 9.56. The number of alkyl carbamates (subject to hydrolysis) is 1. The van der Waals surface area contributed by atoms with Crippen molar-refractivity contribution in [3.63, 3.8) is 0 Å². The number of carbonyl (C=O) groups is 2. The Labute approximate surface area is 107 Å². The molecule has 0 heterocycles. The van der Waals surface area contributed by atoms with E-state index < -0.39 is 6.09 Å². The van der Waals surface area contributed by atoms with E-state index in [0.717, 1.165) is 5.56 Å². The maximum atomic E-state index is 11.3. The minimum absolute atomic E-state index is 0.0494. The maximum absolute atomic E-state index is 11.3. The Morgan fingerprint density at radius 3 is 2.67 bits per heavy atom. The summed E-state index contributed by atoms with van der Waals surface area (Å²) < 4.78 is 4.99. The first-order chi connectivity index (χ1) is 8.72. The van der Waals surface area contributed by atoms with E-state index in [0.29, 0.717) is 19.4 Å². The number of ether oxygens (including phenoxy) is 1. The van der Waals surface area contributed by atoms with Crippen molar-refractivity contribution in [2.45, 2.75) is 19.4 Å². The van der Waals surface area contributed by atoms with Gasteiger partial charge in [-0.25, -0.2) is 4.79 Å². The predicted molar refractivity (Wildman–Crippen MR) is 69.1 cm³/mol. The van der Waals surface area contributed by atoms with E-state index in [4.69, 9.17) is 4.74 Å². The van der Waals surface area contributed by atoms with Crippen LogP contribution in [0.1, 0.15) is 18.4 Å². The van der Waals surface area contributed by atoms with Gasteiger partial charge in [0.25, 0.3) is 0 Å². The fraction of sp³-hybridized carbons (Fsp3) is 0.286. The summed E-state index contributed by atoms with van der Waals surface area (Å²) in [5.41, 5.74) is 0.926. The number of rotatable bonds is 7. The molecular formula is C14H17NO3. The average molecular weight is 247 g/mol. The third-order valence-corrected chi connectivity index (χ3v) is 2.26. The summed E-state index contributed by atoms with van der Waals surface area (Å²) in [6.45, 7) is 4.00. The van der Waals surface area contributed by atoms with Crippen LogP contribution in [0.25, 0.3) is 0 Å². The maximum Gasteiger partial charge on any atom is 0.407 e. The van der Waals surface area contributed by atoms with Crippen LogP contribution in [0.5, 0.6) is 0 Å². The highest BCUT2D eigenvalue weighted by Gasteiger charge is 2.04. The molecule has 0 aliphatic heterocycles. The van der Waals surface area contributed by atoms with Gasteiger partial charge in [0.2, 0.25) is 0 Å². The average Bonchev–Trinajstić information content (AvgIpc) is 2.38. The zero-order chi connectivity index (χ0) is 13.2. The summed E-state index contributed by atoms with van der Waals surface area (Å²) in [7, 11) is 0. The zero-order valence-corrected chi connectivity index (χ0v) is 10.2. The first kappa shape index (κ1) is 14.0. The molecule has 0 radical (unpaired) electrons. The molecule has 18 heavy (non-hydrogen) atoms. The molecule has 1 aromatic carbocycles. The molecule has 1 amide bonds. The Balaban J connectivity index is 2.14. The number of hydrogen-bond acceptors (Lipinski definition) is 3. The first-order valence-corrected chi connectivity index (χ1v) is 5.79. The number of Topliss-reactive ketones (excluding diaryl/α,β-unsaturated/α-hetero) is 1. The highest BCUT2D eigenvalue weighted by Crippen LogP contribution is 2.00. The van der Waals surface area contributed by atoms with E-state index in [1.165, 1.54) is 0 Å². The quantitative estimate of drug-likeness (QED) is 0.753. The highest BCUT2D eigenvalue weighted by molar-refractivity contribution is 5.80. The highest BCUT2D eigenvalue weighted by atomic mass is 16.5. The Hall–Kier alpha value is -2.10. The van der Waals surface area contributed by atoms with Crippen LogP contribution in [0.4, 0.5) is 4.79 Å². The molecule has 0 saturated heterocycles. The number of ketones is 1. The predicted octanol–water partition coefficient (Wildman–Crippen LogP) is 2.45. The molecule has 0 fully saturated rings. The number of allylic oxidation sites excluding steroid dienone is 1. The smallest absolute Gasteiger partial charge is 0.407 e. The Bertz CT molecular complexity index is 401. The molecule has 0 aromatic heterocycles. The van der Waals surface area contributed by atoms with Crippen LogP contribution in [0.3, 0.4) is 0 Å². The Morgan fingerprint density at radius 2 is 2.00 bits per heavy atom. The standard InChI is InChI=1S/C14H17NO3/c1-2-6-13(16)9-10-15-14(17)18-11-12-7-4-3-5-8-12/h2-5,7-8H,1,6,9-11H2,(H,15,17). The largest absolute Gasteiger partial charge is 0.445 e. The molecule has 0 atom stereocenters. The SMILES string of the molecule is C=CCC(=O)CCNC(=O)OCc1ccccc1. The second kappa shape index (κ2) is 8.06. The van der Waals surface area contributed by atoms with E-state index in [1.807, 2.05) is 30.3 Å². The topological polar surface area (TPSA) is 55.4 Å². The van der Waals surface area contributed by atoms with Crippen LogP contribution in [0.15, 0.2) is 43.0 Å². The zero-order valence-electron chi connectivity index (χ0n) is 10.2. The van der Waals surface area contributed by atoms with Gasteiger partial charge >= 0.3 is 6.09 Å². The Morgan fingerprint density at radius 1 is 1.28 bits per heavy atom. The van der Waals surface area contributed by atoms with Crippen LogP contribution >= 0.6 is 0 Å². The van der Waals surface area contributed by atoms with Crippen molar-refractivity contribution < 1.29 is 14.3 Å². The van der Waals surface area contributed by atoms with Crippen molar-refractivity contribution in [2.24, 2.45) is 0 Å². The fourth-order valence-corrected chi connectivity index (χ4v) is 1.34. The fourth-order valence-electron chi connectivity index (χ4n) is 1.34. The van der Waals surface area contributed by atoms with Gasteiger partial charge in [0.1, 0.15) is 12.4 Å². The van der Waals surface area contributed by atoms with Crippen molar-refractivity contribution in [1.82, 2.24) is 5.32 Å². The molecule has 0 bridgehead atoms. The van der Waals surface area contributed by atoms with E-state index in [-0.39, 0.29) is 12.4 Å². The molecule has 0 aliphatic carbocycles. The second-order valence-corrected chi connectivity index (χ2v) is 3.77. The van der Waals surface area contributed by atoms with Gasteiger partial charge < -0.3 is 10.1 Å². The van der Waals surface area contributed by atoms with Gasteiger partial charge in [-0.3, -0.25) is 4.79 Å². The summed E-state index contributed by atoms with van der Waals surface area (Å²) in [5, 5.41) is 2.53. The lowest BCUT2D eigenvalue weighted by molar-refractivity contribution is -0.118. The van der Waals surface area contributed by atoms with Gasteiger partial charge in [-0.1, -0.05) is 36.4 Å². The van der Waals surface area contributed by atoms with Crippen LogP contribution in [0, 0.1) is 0 Å². The van der Waals surface area contributed by atoms with Crippen LogP contribution in [0.2, 0.25) is 0 Å². The number of benzene rings is 1. The van der Waals surface area contributed by atoms with E-state index in [1.54, 1.807) is 6.08 Å². The van der Waals surface area contributed by atoms with Crippen molar-refractivity contribution in [3.8, 4) is 0 Å². The van der Waals surface area contributed by atoms with Crippen LogP contribution in [-0.2, 0) is 16.1 Å². The molecule has 4 heteroatoms. The van der Waals surface area contributed by atoms with Gasteiger partial charge in [0, 0.05) is 19.4 Å². The Kier molecular flexibility index (Phi) is 6.25. The monoisotopic (exact) mass is 247 g/mol. The number of carbonyl (C=O) groups excluding carboxylic acids is 2. The molecule has 0 spiro atoms. The number of hydrogen-bond donors (Lipinski definition) is 1. The second-order valence-electron chi connectivity index (χ2n) is 3.77. The van der Waals surface area contributed by atoms with E-state index in [9.17, 15) is 9.59 Å². The molecule has 0 saturated carbocycles. The molecule has 96 valence electrons. The number of nitrogens with one attached hydrogen (secondary N) is 1. The minimum atomic E-state index is -0.509. The molecule has 0 unspecified atom stereocenters. The third kappa shape index (κ3) is 5.84. The van der Waals surface area contributed by atoms with Gasteiger partial charge in [0.15, 0.2) is 0 Å². The lowest BCUT2D eigenvalue weighted by atomic mass is 10.2. The van der Waals surface area contributed by atoms with Gasteiger partial charge in [0.05, 0.1) is 0 Å². The van der Waals surface area contributed by atoms with Crippen LogP contribution in [-0.4, -0.2) is 18.4 Å². The lowest BCUT2D eigenvalue weighted by Crippen LogP contribution is -2.26. The summed E-state index contributed by atoms with van der Waals surface area (Å²) in [6, 6.07) is 9.41. The summed E-state index contributed by atoms with van der Waals surface area (Å²) >= 11 is 0. The summed E-state index contributed by atoms with van der Waals surface area (Å²) in [6.07, 6.45) is 1.67. The van der Waals surface area contributed by atoms with Crippen molar-refractivity contribution in [2.75, 3.05) is 6.54 Å². The van der Waals surface area contributed by atoms with E-state index in [2.05, 4.69) is 11.9 Å². The molecule has 1 aromatic rings. The summed E-state index contributed by atoms with van der Waals surface area (Å²) in [5.74, 6) is 0.0494. The minimum Gasteiger partial charge on any atom is -0.445 e. The first-order valence-electron chi connectivity index (χ1n) is 5.79. The van der Waals surface area contributed by atoms with Crippen LogP contribution < -0.4 is 5.32 Å². The van der Waals surface area contributed by atoms with Gasteiger partial charge in [-0.15, -0.1) is 6.58 Å². The molecule has 0 aliphatic rings. The van der Waals surface area contributed by atoms with E-state index >= 15 is 0 Å².